The van der Waals surface area contributed by atoms with E-state index in [1.165, 1.54) is 17.8 Å². The van der Waals surface area contributed by atoms with Crippen molar-refractivity contribution >= 4 is 23.1 Å². The van der Waals surface area contributed by atoms with E-state index in [9.17, 15) is 10.1 Å². The van der Waals surface area contributed by atoms with Crippen molar-refractivity contribution in [2.24, 2.45) is 0 Å². The number of nitro groups is 1. The number of ether oxygens (including phenoxy) is 1. The number of aromatic nitrogens is 4. The quantitative estimate of drug-likeness (QED) is 0.489. The third-order valence-electron chi connectivity index (χ3n) is 4.16. The third-order valence-corrected chi connectivity index (χ3v) is 5.14. The van der Waals surface area contributed by atoms with E-state index in [0.29, 0.717) is 23.3 Å². The molecular formula is C17H16N6O3S. The first-order valence-corrected chi connectivity index (χ1v) is 9.17. The molecule has 9 nitrogen and oxygen atoms in total. The van der Waals surface area contributed by atoms with Gasteiger partial charge in [0, 0.05) is 24.8 Å². The summed E-state index contributed by atoms with van der Waals surface area (Å²) >= 11 is 1.18. The number of nitrogens with zero attached hydrogens (tertiary/aromatic N) is 6. The van der Waals surface area contributed by atoms with Crippen LogP contribution in [-0.4, -0.2) is 51.4 Å². The topological polar surface area (TPSA) is 99.2 Å². The lowest BCUT2D eigenvalue weighted by atomic mass is 10.2. The Bertz CT molecular complexity index is 943. The number of nitro benzene ring substituents is 1. The molecule has 0 amide bonds. The van der Waals surface area contributed by atoms with Crippen LogP contribution in [0.5, 0.6) is 0 Å². The summed E-state index contributed by atoms with van der Waals surface area (Å²) in [5.41, 5.74) is 1.74. The number of benzene rings is 2. The van der Waals surface area contributed by atoms with Crippen LogP contribution in [0.1, 0.15) is 0 Å². The fourth-order valence-electron chi connectivity index (χ4n) is 2.83. The first-order chi connectivity index (χ1) is 13.2. The third kappa shape index (κ3) is 3.76. The Hall–Kier alpha value is -2.98. The van der Waals surface area contributed by atoms with Gasteiger partial charge in [-0.2, -0.15) is 4.68 Å². The van der Waals surface area contributed by atoms with E-state index in [0.717, 1.165) is 24.5 Å². The van der Waals surface area contributed by atoms with Crippen LogP contribution in [0.4, 0.5) is 11.4 Å². The summed E-state index contributed by atoms with van der Waals surface area (Å²) in [7, 11) is 0. The molecule has 10 heteroatoms. The average molecular weight is 384 g/mol. The van der Waals surface area contributed by atoms with Crippen LogP contribution in [0.15, 0.2) is 58.6 Å². The lowest BCUT2D eigenvalue weighted by molar-refractivity contribution is -0.387. The van der Waals surface area contributed by atoms with Crippen LogP contribution in [-0.2, 0) is 4.74 Å². The van der Waals surface area contributed by atoms with Gasteiger partial charge >= 0.3 is 0 Å². The highest BCUT2D eigenvalue weighted by Crippen LogP contribution is 2.37. The molecule has 0 spiro atoms. The number of hydrogen-bond acceptors (Lipinski definition) is 8. The van der Waals surface area contributed by atoms with Crippen molar-refractivity contribution in [1.29, 1.82) is 0 Å². The number of para-hydroxylation sites is 1. The summed E-state index contributed by atoms with van der Waals surface area (Å²) in [5, 5.41) is 23.7. The predicted molar refractivity (Wildman–Crippen MR) is 99.4 cm³/mol. The van der Waals surface area contributed by atoms with E-state index in [2.05, 4.69) is 20.4 Å². The van der Waals surface area contributed by atoms with Crippen LogP contribution in [0.25, 0.3) is 5.69 Å². The maximum Gasteiger partial charge on any atom is 0.283 e. The smallest absolute Gasteiger partial charge is 0.283 e. The molecule has 1 aromatic heterocycles. The van der Waals surface area contributed by atoms with E-state index in [-0.39, 0.29) is 10.6 Å². The van der Waals surface area contributed by atoms with Gasteiger partial charge in [-0.1, -0.05) is 18.2 Å². The van der Waals surface area contributed by atoms with E-state index >= 15 is 0 Å². The van der Waals surface area contributed by atoms with Gasteiger partial charge in [0.05, 0.1) is 28.7 Å². The molecule has 4 rings (SSSR count). The fourth-order valence-corrected chi connectivity index (χ4v) is 3.76. The molecule has 0 bridgehead atoms. The van der Waals surface area contributed by atoms with Crippen molar-refractivity contribution in [3.8, 4) is 5.69 Å². The maximum absolute atomic E-state index is 11.5. The van der Waals surface area contributed by atoms with Gasteiger partial charge in [0.1, 0.15) is 0 Å². The van der Waals surface area contributed by atoms with Gasteiger partial charge in [-0.15, -0.1) is 5.10 Å². The van der Waals surface area contributed by atoms with Crippen molar-refractivity contribution in [3.05, 3.63) is 58.6 Å². The number of rotatable bonds is 5. The predicted octanol–water partition coefficient (Wildman–Crippen LogP) is 2.56. The lowest BCUT2D eigenvalue weighted by Gasteiger charge is -2.29. The first kappa shape index (κ1) is 17.4. The highest BCUT2D eigenvalue weighted by molar-refractivity contribution is 7.99. The van der Waals surface area contributed by atoms with E-state index < -0.39 is 0 Å². The molecule has 0 atom stereocenters. The number of tetrazole rings is 1. The molecule has 0 aliphatic carbocycles. The van der Waals surface area contributed by atoms with Gasteiger partial charge in [0.25, 0.3) is 5.69 Å². The summed E-state index contributed by atoms with van der Waals surface area (Å²) in [5.74, 6) is 0. The summed E-state index contributed by atoms with van der Waals surface area (Å²) in [6.45, 7) is 2.80. The molecule has 138 valence electrons. The van der Waals surface area contributed by atoms with Crippen molar-refractivity contribution in [3.63, 3.8) is 0 Å². The lowest BCUT2D eigenvalue weighted by Crippen LogP contribution is -2.36. The van der Waals surface area contributed by atoms with Gasteiger partial charge in [0.2, 0.25) is 5.16 Å². The minimum absolute atomic E-state index is 0.0274. The molecule has 1 aliphatic rings. The largest absolute Gasteiger partial charge is 0.378 e. The molecule has 27 heavy (non-hydrogen) atoms. The Kier molecular flexibility index (Phi) is 4.99. The SMILES string of the molecule is O=[N+]([O-])c1ccc(N2CCOCC2)cc1Sc1nnnn1-c1ccccc1. The zero-order chi connectivity index (χ0) is 18.6. The van der Waals surface area contributed by atoms with E-state index in [1.54, 1.807) is 10.7 Å². The highest BCUT2D eigenvalue weighted by atomic mass is 32.2. The molecule has 0 N–H and O–H groups in total. The molecule has 1 aliphatic heterocycles. The van der Waals surface area contributed by atoms with Crippen molar-refractivity contribution in [1.82, 2.24) is 20.2 Å². The van der Waals surface area contributed by atoms with Gasteiger partial charge in [-0.3, -0.25) is 10.1 Å². The number of morpholine rings is 1. The molecular weight excluding hydrogens is 368 g/mol. The molecule has 3 aromatic rings. The fraction of sp³-hybridized carbons (Fsp3) is 0.235. The Morgan fingerprint density at radius 1 is 1.07 bits per heavy atom. The summed E-state index contributed by atoms with van der Waals surface area (Å²) in [6.07, 6.45) is 0. The summed E-state index contributed by atoms with van der Waals surface area (Å²) < 4.78 is 6.94. The van der Waals surface area contributed by atoms with Gasteiger partial charge in [-0.05, 0) is 46.5 Å². The van der Waals surface area contributed by atoms with Crippen LogP contribution < -0.4 is 4.90 Å². The summed E-state index contributed by atoms with van der Waals surface area (Å²) in [6, 6.07) is 14.5. The second-order valence-corrected chi connectivity index (χ2v) is 6.83. The van der Waals surface area contributed by atoms with E-state index in [4.69, 9.17) is 4.74 Å². The molecule has 1 fully saturated rings. The Morgan fingerprint density at radius 2 is 1.85 bits per heavy atom. The standard InChI is InChI=1S/C17H16N6O3S/c24-23(25)15-7-6-14(21-8-10-26-11-9-21)12-16(15)27-17-18-19-20-22(17)13-4-2-1-3-5-13/h1-7,12H,8-11H2. The minimum Gasteiger partial charge on any atom is -0.378 e. The normalized spacial score (nSPS) is 14.3. The number of anilines is 1. The van der Waals surface area contributed by atoms with Crippen LogP contribution >= 0.6 is 11.8 Å². The summed E-state index contributed by atoms with van der Waals surface area (Å²) in [4.78, 5) is 13.8. The molecule has 0 saturated carbocycles. The number of hydrogen-bond donors (Lipinski definition) is 0. The van der Waals surface area contributed by atoms with Crippen LogP contribution in [0.2, 0.25) is 0 Å². The average Bonchev–Trinajstić information content (AvgIpc) is 3.17. The second-order valence-electron chi connectivity index (χ2n) is 5.82. The van der Waals surface area contributed by atoms with Crippen molar-refractivity contribution < 1.29 is 9.66 Å². The monoisotopic (exact) mass is 384 g/mol. The Balaban J connectivity index is 1.69. The molecule has 0 radical (unpaired) electrons. The molecule has 2 aromatic carbocycles. The van der Waals surface area contributed by atoms with Crippen molar-refractivity contribution in [2.45, 2.75) is 10.1 Å². The van der Waals surface area contributed by atoms with Crippen molar-refractivity contribution in [2.75, 3.05) is 31.2 Å². The van der Waals surface area contributed by atoms with Gasteiger partial charge < -0.3 is 9.64 Å². The Morgan fingerprint density at radius 3 is 2.59 bits per heavy atom. The Labute approximate surface area is 159 Å². The zero-order valence-electron chi connectivity index (χ0n) is 14.3. The maximum atomic E-state index is 11.5. The zero-order valence-corrected chi connectivity index (χ0v) is 15.1. The van der Waals surface area contributed by atoms with E-state index in [1.807, 2.05) is 36.4 Å². The van der Waals surface area contributed by atoms with Crippen LogP contribution in [0.3, 0.4) is 0 Å². The highest BCUT2D eigenvalue weighted by Gasteiger charge is 2.21. The van der Waals surface area contributed by atoms with Crippen LogP contribution in [0, 0.1) is 10.1 Å². The first-order valence-electron chi connectivity index (χ1n) is 8.35. The molecule has 2 heterocycles. The molecule has 0 unspecified atom stereocenters. The minimum atomic E-state index is -0.387. The molecule has 1 saturated heterocycles. The van der Waals surface area contributed by atoms with Gasteiger partial charge in [0.15, 0.2) is 0 Å². The second kappa shape index (κ2) is 7.72. The van der Waals surface area contributed by atoms with Gasteiger partial charge in [-0.25, -0.2) is 0 Å².